The Morgan fingerprint density at radius 1 is 1.06 bits per heavy atom. The van der Waals surface area contributed by atoms with Crippen molar-refractivity contribution in [2.24, 2.45) is 0 Å². The zero-order valence-corrected chi connectivity index (χ0v) is 18.8. The molecule has 0 aliphatic carbocycles. The van der Waals surface area contributed by atoms with Gasteiger partial charge in [-0.05, 0) is 58.8 Å². The van der Waals surface area contributed by atoms with Gasteiger partial charge < -0.3 is 14.2 Å². The van der Waals surface area contributed by atoms with Gasteiger partial charge in [0.05, 0.1) is 18.7 Å². The van der Waals surface area contributed by atoms with Crippen molar-refractivity contribution >= 4 is 28.4 Å². The van der Waals surface area contributed by atoms with Crippen molar-refractivity contribution in [2.75, 3.05) is 13.7 Å². The molecule has 0 spiro atoms. The van der Waals surface area contributed by atoms with Crippen LogP contribution in [0, 0.1) is 0 Å². The van der Waals surface area contributed by atoms with Crippen LogP contribution in [0.2, 0.25) is 5.02 Å². The van der Waals surface area contributed by atoms with E-state index >= 15 is 0 Å². The Labute approximate surface area is 193 Å². The number of hydrogen-bond donors (Lipinski definition) is 0. The molecular formula is C27H25ClN2O2. The second-order valence-corrected chi connectivity index (χ2v) is 8.61. The Morgan fingerprint density at radius 3 is 2.78 bits per heavy atom. The van der Waals surface area contributed by atoms with Gasteiger partial charge in [0.2, 0.25) is 5.91 Å². The summed E-state index contributed by atoms with van der Waals surface area (Å²) >= 11 is 6.31. The molecule has 5 rings (SSSR count). The molecule has 0 bridgehead atoms. The van der Waals surface area contributed by atoms with Crippen molar-refractivity contribution in [3.63, 3.8) is 0 Å². The molecule has 1 atom stereocenters. The van der Waals surface area contributed by atoms with Crippen molar-refractivity contribution < 1.29 is 9.53 Å². The van der Waals surface area contributed by atoms with E-state index in [1.165, 1.54) is 11.1 Å². The van der Waals surface area contributed by atoms with Gasteiger partial charge in [0.1, 0.15) is 5.75 Å². The van der Waals surface area contributed by atoms with Gasteiger partial charge in [-0.15, -0.1) is 0 Å². The van der Waals surface area contributed by atoms with Gasteiger partial charge in [0, 0.05) is 36.8 Å². The van der Waals surface area contributed by atoms with Gasteiger partial charge >= 0.3 is 0 Å². The lowest BCUT2D eigenvalue weighted by atomic mass is 9.88. The molecule has 1 aromatic heterocycles. The average molecular weight is 445 g/mol. The van der Waals surface area contributed by atoms with Crippen LogP contribution in [0.15, 0.2) is 79.0 Å². The lowest BCUT2D eigenvalue weighted by molar-refractivity contribution is -0.133. The van der Waals surface area contributed by atoms with Crippen molar-refractivity contribution in [1.29, 1.82) is 0 Å². The minimum atomic E-state index is -0.118. The summed E-state index contributed by atoms with van der Waals surface area (Å²) in [7, 11) is 1.67. The van der Waals surface area contributed by atoms with Crippen LogP contribution in [0.25, 0.3) is 10.9 Å². The van der Waals surface area contributed by atoms with Crippen LogP contribution in [0.4, 0.5) is 0 Å². The quantitative estimate of drug-likeness (QED) is 0.386. The first kappa shape index (κ1) is 20.7. The maximum absolute atomic E-state index is 13.5. The van der Waals surface area contributed by atoms with Crippen LogP contribution < -0.4 is 4.74 Å². The molecule has 4 nitrogen and oxygen atoms in total. The molecule has 0 fully saturated rings. The zero-order chi connectivity index (χ0) is 22.1. The first-order chi connectivity index (χ1) is 15.6. The zero-order valence-electron chi connectivity index (χ0n) is 18.0. The molecule has 2 heterocycles. The van der Waals surface area contributed by atoms with E-state index in [1.807, 2.05) is 53.6 Å². The number of carbonyl (C=O) groups excluding carboxylic acids is 1. The fraction of sp³-hybridized carbons (Fsp3) is 0.222. The highest BCUT2D eigenvalue weighted by Gasteiger charge is 2.31. The highest BCUT2D eigenvalue weighted by molar-refractivity contribution is 6.30. The number of aromatic nitrogens is 1. The molecule has 1 aliphatic rings. The summed E-state index contributed by atoms with van der Waals surface area (Å²) in [6.07, 6.45) is 3.33. The number of carbonyl (C=O) groups is 1. The number of methoxy groups -OCH3 is 1. The minimum absolute atomic E-state index is 0.118. The smallest absolute Gasteiger partial charge is 0.225 e. The molecule has 1 aliphatic heterocycles. The molecule has 0 radical (unpaired) electrons. The van der Waals surface area contributed by atoms with Crippen molar-refractivity contribution in [1.82, 2.24) is 9.47 Å². The predicted molar refractivity (Wildman–Crippen MR) is 128 cm³/mol. The number of ether oxygens (including phenoxy) is 1. The maximum atomic E-state index is 13.5. The molecule has 3 aromatic carbocycles. The molecule has 1 amide bonds. The summed E-state index contributed by atoms with van der Waals surface area (Å²) in [4.78, 5) is 15.5. The van der Waals surface area contributed by atoms with Crippen LogP contribution in [-0.2, 0) is 17.8 Å². The number of halogens is 1. The van der Waals surface area contributed by atoms with Crippen LogP contribution in [0.5, 0.6) is 5.75 Å². The van der Waals surface area contributed by atoms with E-state index in [4.69, 9.17) is 16.3 Å². The summed E-state index contributed by atoms with van der Waals surface area (Å²) in [5.41, 5.74) is 4.61. The standard InChI is InChI=1S/C27H25ClN2O2/c1-32-23-10-9-20-11-14-29(25(20)18-23)15-13-26(31)30-16-12-19-5-2-3-8-24(19)27(30)21-6-4-7-22(28)17-21/h2-11,14,17-18,27H,12-13,15-16H2,1H3. The van der Waals surface area contributed by atoms with E-state index < -0.39 is 0 Å². The number of hydrogen-bond acceptors (Lipinski definition) is 2. The van der Waals surface area contributed by atoms with Crippen molar-refractivity contribution in [3.05, 3.63) is 101 Å². The molecule has 0 saturated carbocycles. The molecule has 162 valence electrons. The third-order valence-corrected chi connectivity index (χ3v) is 6.55. The average Bonchev–Trinajstić information content (AvgIpc) is 3.23. The van der Waals surface area contributed by atoms with E-state index in [9.17, 15) is 4.79 Å². The van der Waals surface area contributed by atoms with E-state index in [0.29, 0.717) is 24.5 Å². The van der Waals surface area contributed by atoms with E-state index in [2.05, 4.69) is 34.9 Å². The second kappa shape index (κ2) is 8.71. The van der Waals surface area contributed by atoms with E-state index in [-0.39, 0.29) is 11.9 Å². The normalized spacial score (nSPS) is 15.6. The lowest BCUT2D eigenvalue weighted by Gasteiger charge is -2.38. The third-order valence-electron chi connectivity index (χ3n) is 6.32. The molecule has 4 aromatic rings. The van der Waals surface area contributed by atoms with Gasteiger partial charge in [0.15, 0.2) is 0 Å². The van der Waals surface area contributed by atoms with E-state index in [0.717, 1.165) is 28.6 Å². The highest BCUT2D eigenvalue weighted by atomic mass is 35.5. The minimum Gasteiger partial charge on any atom is -0.497 e. The maximum Gasteiger partial charge on any atom is 0.225 e. The Kier molecular flexibility index (Phi) is 5.62. The Morgan fingerprint density at radius 2 is 1.94 bits per heavy atom. The van der Waals surface area contributed by atoms with Crippen LogP contribution in [-0.4, -0.2) is 29.0 Å². The molecule has 0 N–H and O–H groups in total. The Balaban J connectivity index is 1.42. The van der Waals surface area contributed by atoms with Gasteiger partial charge in [-0.1, -0.05) is 48.0 Å². The fourth-order valence-electron chi connectivity index (χ4n) is 4.72. The Hall–Kier alpha value is -3.24. The van der Waals surface area contributed by atoms with Crippen molar-refractivity contribution in [3.8, 4) is 5.75 Å². The molecule has 1 unspecified atom stereocenters. The number of benzene rings is 3. The second-order valence-electron chi connectivity index (χ2n) is 8.18. The number of aryl methyl sites for hydroxylation is 1. The lowest BCUT2D eigenvalue weighted by Crippen LogP contribution is -2.40. The summed E-state index contributed by atoms with van der Waals surface area (Å²) in [5.74, 6) is 0.964. The first-order valence-electron chi connectivity index (χ1n) is 10.9. The van der Waals surface area contributed by atoms with Gasteiger partial charge in [0.25, 0.3) is 0 Å². The summed E-state index contributed by atoms with van der Waals surface area (Å²) in [5, 5.41) is 1.83. The topological polar surface area (TPSA) is 34.5 Å². The first-order valence-corrected chi connectivity index (χ1v) is 11.3. The van der Waals surface area contributed by atoms with Crippen molar-refractivity contribution in [2.45, 2.75) is 25.4 Å². The molecule has 5 heteroatoms. The van der Waals surface area contributed by atoms with Gasteiger partial charge in [-0.3, -0.25) is 4.79 Å². The summed E-state index contributed by atoms with van der Waals surface area (Å²) < 4.78 is 7.50. The number of fused-ring (bicyclic) bond motifs is 2. The number of amides is 1. The Bertz CT molecular complexity index is 1280. The van der Waals surface area contributed by atoms with Crippen LogP contribution in [0.1, 0.15) is 29.2 Å². The molecule has 0 saturated heterocycles. The fourth-order valence-corrected chi connectivity index (χ4v) is 4.92. The molecule has 32 heavy (non-hydrogen) atoms. The van der Waals surface area contributed by atoms with Gasteiger partial charge in [-0.2, -0.15) is 0 Å². The number of nitrogens with zero attached hydrogens (tertiary/aromatic N) is 2. The summed E-state index contributed by atoms with van der Waals surface area (Å²) in [6.45, 7) is 1.32. The van der Waals surface area contributed by atoms with E-state index in [1.54, 1.807) is 7.11 Å². The van der Waals surface area contributed by atoms with Gasteiger partial charge in [-0.25, -0.2) is 0 Å². The largest absolute Gasteiger partial charge is 0.497 e. The monoisotopic (exact) mass is 444 g/mol. The third kappa shape index (κ3) is 3.87. The highest BCUT2D eigenvalue weighted by Crippen LogP contribution is 2.36. The predicted octanol–water partition coefficient (Wildman–Crippen LogP) is 5.87. The number of rotatable bonds is 5. The summed E-state index contributed by atoms with van der Waals surface area (Å²) in [6, 6.07) is 24.2. The SMILES string of the molecule is COc1ccc2ccn(CCC(=O)N3CCc4ccccc4C3c3cccc(Cl)c3)c2c1. The van der Waals surface area contributed by atoms with Crippen LogP contribution in [0.3, 0.4) is 0 Å². The molecular weight excluding hydrogens is 420 g/mol. The van der Waals surface area contributed by atoms with Crippen LogP contribution >= 0.6 is 11.6 Å².